The molecule has 6 amide bonds. The van der Waals surface area contributed by atoms with Crippen molar-refractivity contribution in [3.8, 4) is 6.07 Å². The number of hydrogen-bond acceptors (Lipinski definition) is 22. The number of anilines is 2. The van der Waals surface area contributed by atoms with Gasteiger partial charge >= 0.3 is 11.4 Å². The summed E-state index contributed by atoms with van der Waals surface area (Å²) in [4.78, 5) is 134. The Hall–Kier alpha value is -11.1. The predicted molar refractivity (Wildman–Crippen MR) is 261 cm³/mol. The molecule has 3 rings (SSSR count). The zero-order valence-electron chi connectivity index (χ0n) is 39.0. The van der Waals surface area contributed by atoms with E-state index in [4.69, 9.17) is 51.1 Å². The number of aliphatic hydroxyl groups excluding tert-OH is 1. The Morgan fingerprint density at radius 2 is 1.12 bits per heavy atom. The fraction of sp³-hybridized carbons (Fsp3) is 0.237. The van der Waals surface area contributed by atoms with Crippen molar-refractivity contribution in [2.75, 3.05) is 17.0 Å². The topological polar surface area (TPSA) is 638 Å². The molecule has 0 bridgehead atoms. The van der Waals surface area contributed by atoms with Crippen molar-refractivity contribution >= 4 is 87.6 Å². The maximum absolute atomic E-state index is 14.6. The second kappa shape index (κ2) is 26.9. The van der Waals surface area contributed by atoms with Crippen LogP contribution < -0.4 is 82.8 Å². The molecule has 6 atom stereocenters. The molecule has 0 radical (unpaired) electrons. The van der Waals surface area contributed by atoms with Gasteiger partial charge in [0.1, 0.15) is 12.1 Å². The number of nitrogens with zero attached hydrogens (tertiary/aromatic N) is 9. The van der Waals surface area contributed by atoms with Crippen molar-refractivity contribution < 1.29 is 58.9 Å². The van der Waals surface area contributed by atoms with Gasteiger partial charge in [0, 0.05) is 23.8 Å². The second-order valence-electron chi connectivity index (χ2n) is 14.9. The molecule has 3 aromatic rings. The Morgan fingerprint density at radius 3 is 1.54 bits per heavy atom. The average Bonchev–Trinajstić information content (AvgIpc) is 3.34. The summed E-state index contributed by atoms with van der Waals surface area (Å²) >= 11 is 0. The van der Waals surface area contributed by atoms with Crippen LogP contribution in [0.15, 0.2) is 80.6 Å². The lowest BCUT2D eigenvalue weighted by molar-refractivity contribution is -0.392. The van der Waals surface area contributed by atoms with E-state index >= 15 is 0 Å². The first-order valence-corrected chi connectivity index (χ1v) is 20.7. The molecule has 0 aliphatic carbocycles. The van der Waals surface area contributed by atoms with E-state index in [0.717, 1.165) is 18.2 Å². The Morgan fingerprint density at radius 1 is 0.658 bits per heavy atom. The molecule has 0 spiro atoms. The molecule has 6 unspecified atom stereocenters. The van der Waals surface area contributed by atoms with Crippen molar-refractivity contribution in [1.82, 2.24) is 26.6 Å². The van der Waals surface area contributed by atoms with Crippen molar-refractivity contribution in [3.63, 3.8) is 0 Å². The van der Waals surface area contributed by atoms with Gasteiger partial charge in [0.25, 0.3) is 29.3 Å². The Balaban J connectivity index is 2.17. The SMILES string of the molecule is CC(N)=NC(NC(=O)C(N=C(N)N)NC(=O)C(N=C(N)N)NC(=O)C(NC(=O)C(CO)N(Cc1ccc(NOO)cc1[N+](=O)[O-])c1c([N+](=O)[O-])cc(C#N)cc1[N+](=O)[O-])c1ccccc1)C(=O)NC(N=C(N)N)C(N)=O. The number of nitrogens with one attached hydrogen (secondary N) is 6. The standard InChI is InChI=1S/C38H47N23O15/c1-15(40)48-28(33(66)50-27(26(41)63)54-36(42)43)52-35(68)30(56-38(46)47)53-34(67)29(55-37(44)45)51-32(65)24(17-5-3-2-4-6-17)49-31(64)23(14-62)58(13-18-7-8-19(57-76-75)11-20(18)59(69)70)25-21(60(71)72)9-16(12-39)10-22(25)61(73)74/h2-11,23-24,27-30,57,62,75H,13-14H2,1H3,(H2,40,48)(H2,41,63)(H,49,64)(H,50,66)(H,51,65)(H,52,68)(H,53,67)(H4,42,43,54)(H4,44,45,55)(H4,46,47,56). The minimum absolute atomic E-state index is 0.128. The quantitative estimate of drug-likeness (QED) is 0.0117. The molecule has 0 saturated carbocycles. The molecule has 76 heavy (non-hydrogen) atoms. The van der Waals surface area contributed by atoms with E-state index in [1.54, 1.807) is 0 Å². The van der Waals surface area contributed by atoms with Gasteiger partial charge in [0.2, 0.25) is 36.5 Å². The number of nitrogens with two attached hydrogens (primary N) is 8. The molecule has 3 aromatic carbocycles. The summed E-state index contributed by atoms with van der Waals surface area (Å²) in [5, 5.41) is 77.1. The van der Waals surface area contributed by atoms with Crippen LogP contribution in [0.3, 0.4) is 0 Å². The number of rotatable bonds is 26. The Kier molecular flexibility index (Phi) is 21.0. The van der Waals surface area contributed by atoms with Crippen molar-refractivity contribution in [2.45, 2.75) is 50.2 Å². The van der Waals surface area contributed by atoms with Gasteiger partial charge < -0.3 is 82.5 Å². The fourth-order valence-electron chi connectivity index (χ4n) is 6.41. The van der Waals surface area contributed by atoms with Gasteiger partial charge in [-0.2, -0.15) is 5.26 Å². The van der Waals surface area contributed by atoms with Crippen LogP contribution in [0, 0.1) is 41.7 Å². The summed E-state index contributed by atoms with van der Waals surface area (Å²) < 4.78 is 0. The summed E-state index contributed by atoms with van der Waals surface area (Å²) in [6, 6.07) is 7.89. The highest BCUT2D eigenvalue weighted by Crippen LogP contribution is 2.41. The highest BCUT2D eigenvalue weighted by molar-refractivity contribution is 5.99. The van der Waals surface area contributed by atoms with Gasteiger partial charge in [0.05, 0.1) is 51.1 Å². The van der Waals surface area contributed by atoms with E-state index in [1.807, 2.05) is 21.4 Å². The maximum Gasteiger partial charge on any atom is 0.301 e. The zero-order valence-corrected chi connectivity index (χ0v) is 39.0. The lowest BCUT2D eigenvalue weighted by Gasteiger charge is -2.32. The van der Waals surface area contributed by atoms with E-state index in [9.17, 15) is 69.5 Å². The first-order valence-electron chi connectivity index (χ1n) is 20.7. The van der Waals surface area contributed by atoms with Crippen LogP contribution in [0.5, 0.6) is 0 Å². The minimum atomic E-state index is -2.31. The number of primary amides is 1. The number of hydrogen-bond donors (Lipinski definition) is 16. The van der Waals surface area contributed by atoms with E-state index < -0.39 is 152 Å². The Labute approximate surface area is 424 Å². The summed E-state index contributed by atoms with van der Waals surface area (Å²) in [5.74, 6) is -11.3. The predicted octanol–water partition coefficient (Wildman–Crippen LogP) is -6.22. The number of nitro benzene ring substituents is 3. The zero-order chi connectivity index (χ0) is 57.1. The van der Waals surface area contributed by atoms with Crippen molar-refractivity contribution in [2.24, 2.45) is 65.8 Å². The number of nitriles is 1. The van der Waals surface area contributed by atoms with Gasteiger partial charge in [-0.05, 0) is 24.6 Å². The molecular weight excluding hydrogens is 1020 g/mol. The van der Waals surface area contributed by atoms with Gasteiger partial charge in [-0.15, -0.1) is 4.99 Å². The smallest absolute Gasteiger partial charge is 0.301 e. The molecule has 38 heteroatoms. The molecule has 0 aromatic heterocycles. The van der Waals surface area contributed by atoms with E-state index in [-0.39, 0.29) is 17.1 Å². The van der Waals surface area contributed by atoms with Crippen LogP contribution in [-0.2, 0) is 40.3 Å². The lowest BCUT2D eigenvalue weighted by Crippen LogP contribution is -2.58. The van der Waals surface area contributed by atoms with Crippen molar-refractivity contribution in [3.05, 3.63) is 108 Å². The van der Waals surface area contributed by atoms with Crippen LogP contribution in [0.1, 0.15) is 29.7 Å². The number of carbonyl (C=O) groups is 6. The van der Waals surface area contributed by atoms with Crippen LogP contribution in [0.2, 0.25) is 0 Å². The monoisotopic (exact) mass is 1070 g/mol. The highest BCUT2D eigenvalue weighted by Gasteiger charge is 2.40. The largest absolute Gasteiger partial charge is 0.394 e. The minimum Gasteiger partial charge on any atom is -0.394 e. The molecular formula is C38H47N23O15. The number of guanidine groups is 3. The Bertz CT molecular complexity index is 2860. The third-order valence-corrected chi connectivity index (χ3v) is 9.50. The number of benzene rings is 3. The molecule has 24 N–H and O–H groups in total. The first-order chi connectivity index (χ1) is 35.7. The first kappa shape index (κ1) is 59.2. The lowest BCUT2D eigenvalue weighted by atomic mass is 10.0. The third-order valence-electron chi connectivity index (χ3n) is 9.50. The van der Waals surface area contributed by atoms with Crippen LogP contribution in [-0.4, -0.2) is 122 Å². The van der Waals surface area contributed by atoms with Gasteiger partial charge in [-0.25, -0.2) is 30.7 Å². The number of aliphatic imine (C=N–C) groups is 4. The van der Waals surface area contributed by atoms with E-state index in [0.29, 0.717) is 17.0 Å². The number of amidine groups is 1. The number of nitro groups is 3. The number of amides is 6. The molecule has 38 nitrogen and oxygen atoms in total. The summed E-state index contributed by atoms with van der Waals surface area (Å²) in [6.07, 6.45) is -8.53. The second-order valence-corrected chi connectivity index (χ2v) is 14.9. The molecule has 0 heterocycles. The maximum atomic E-state index is 14.6. The summed E-state index contributed by atoms with van der Waals surface area (Å²) in [7, 11) is 0. The number of carbonyl (C=O) groups excluding carboxylic acids is 6. The third kappa shape index (κ3) is 16.5. The van der Waals surface area contributed by atoms with Gasteiger partial charge in [-0.1, -0.05) is 30.3 Å². The van der Waals surface area contributed by atoms with E-state index in [1.165, 1.54) is 43.3 Å². The molecule has 0 aliphatic rings. The molecule has 0 fully saturated rings. The van der Waals surface area contributed by atoms with Crippen LogP contribution in [0.4, 0.5) is 28.4 Å². The summed E-state index contributed by atoms with van der Waals surface area (Å²) in [5.41, 5.74) is 39.7. The molecule has 0 saturated heterocycles. The normalized spacial score (nSPS) is 13.1. The highest BCUT2D eigenvalue weighted by atomic mass is 17.2. The fourth-order valence-corrected chi connectivity index (χ4v) is 6.41. The van der Waals surface area contributed by atoms with Gasteiger partial charge in [0.15, 0.2) is 23.6 Å². The van der Waals surface area contributed by atoms with E-state index in [2.05, 4.69) is 35.6 Å². The van der Waals surface area contributed by atoms with Gasteiger partial charge in [-0.3, -0.25) is 59.1 Å². The summed E-state index contributed by atoms with van der Waals surface area (Å²) in [6.45, 7) is -1.31. The average molecular weight is 1070 g/mol. The molecule has 0 aliphatic heterocycles. The molecule has 404 valence electrons. The van der Waals surface area contributed by atoms with Crippen LogP contribution in [0.25, 0.3) is 0 Å². The number of aliphatic hydroxyl groups is 1. The van der Waals surface area contributed by atoms with Crippen LogP contribution >= 0.6 is 0 Å². The van der Waals surface area contributed by atoms with Crippen molar-refractivity contribution in [1.29, 1.82) is 5.26 Å².